The maximum atomic E-state index is 9.57. The first-order valence-corrected chi connectivity index (χ1v) is 4.38. The predicted molar refractivity (Wildman–Crippen MR) is 49.7 cm³/mol. The summed E-state index contributed by atoms with van der Waals surface area (Å²) < 4.78 is 5.07. The number of phenols is 1. The molecule has 2 rings (SSSR count). The summed E-state index contributed by atoms with van der Waals surface area (Å²) in [5, 5.41) is 14.2. The van der Waals surface area contributed by atoms with E-state index in [1.54, 1.807) is 18.3 Å². The summed E-state index contributed by atoms with van der Waals surface area (Å²) >= 11 is 0. The van der Waals surface area contributed by atoms with Crippen molar-refractivity contribution < 1.29 is 9.63 Å². The number of rotatable bonds is 2. The Kier molecular flexibility index (Phi) is 1.93. The number of fused-ring (bicyclic) bond motifs is 1. The lowest BCUT2D eigenvalue weighted by atomic mass is 10.1. The van der Waals surface area contributed by atoms with E-state index in [1.165, 1.54) is 0 Å². The van der Waals surface area contributed by atoms with Crippen LogP contribution in [0.15, 0.2) is 22.9 Å². The van der Waals surface area contributed by atoms with Crippen LogP contribution in [0, 0.1) is 0 Å². The van der Waals surface area contributed by atoms with Gasteiger partial charge in [0, 0.05) is 10.9 Å². The van der Waals surface area contributed by atoms with Crippen molar-refractivity contribution in [2.75, 3.05) is 0 Å². The van der Waals surface area contributed by atoms with Crippen LogP contribution in [0.3, 0.4) is 0 Å². The van der Waals surface area contributed by atoms with Crippen molar-refractivity contribution in [1.29, 1.82) is 0 Å². The molecule has 3 heteroatoms. The smallest absolute Gasteiger partial charge is 0.173 e. The van der Waals surface area contributed by atoms with E-state index < -0.39 is 0 Å². The molecule has 0 saturated carbocycles. The van der Waals surface area contributed by atoms with Gasteiger partial charge in [-0.3, -0.25) is 0 Å². The first kappa shape index (κ1) is 8.10. The van der Waals surface area contributed by atoms with E-state index in [4.69, 9.17) is 4.52 Å². The van der Waals surface area contributed by atoms with Crippen molar-refractivity contribution in [2.24, 2.45) is 0 Å². The largest absolute Gasteiger partial charge is 0.508 e. The highest BCUT2D eigenvalue weighted by molar-refractivity contribution is 5.81. The molecule has 1 heterocycles. The fourth-order valence-electron chi connectivity index (χ4n) is 1.47. The van der Waals surface area contributed by atoms with Crippen molar-refractivity contribution in [2.45, 2.75) is 19.8 Å². The molecule has 2 aromatic rings. The van der Waals surface area contributed by atoms with Gasteiger partial charge in [0.25, 0.3) is 0 Å². The van der Waals surface area contributed by atoms with Crippen LogP contribution in [0.5, 0.6) is 5.75 Å². The van der Waals surface area contributed by atoms with E-state index in [0.717, 1.165) is 23.8 Å². The van der Waals surface area contributed by atoms with Gasteiger partial charge in [-0.05, 0) is 18.6 Å². The van der Waals surface area contributed by atoms with Crippen LogP contribution >= 0.6 is 0 Å². The summed E-state index contributed by atoms with van der Waals surface area (Å²) in [6.45, 7) is 2.06. The highest BCUT2D eigenvalue weighted by atomic mass is 16.5. The average molecular weight is 177 g/mol. The number of aryl methyl sites for hydroxylation is 1. The second-order valence-electron chi connectivity index (χ2n) is 3.06. The van der Waals surface area contributed by atoms with E-state index in [-0.39, 0.29) is 0 Å². The van der Waals surface area contributed by atoms with Crippen molar-refractivity contribution in [3.63, 3.8) is 0 Å². The summed E-state index contributed by atoms with van der Waals surface area (Å²) in [4.78, 5) is 0. The molecule has 0 bridgehead atoms. The van der Waals surface area contributed by atoms with E-state index in [2.05, 4.69) is 12.1 Å². The highest BCUT2D eigenvalue weighted by Gasteiger charge is 2.09. The Hall–Kier alpha value is -1.51. The van der Waals surface area contributed by atoms with Gasteiger partial charge >= 0.3 is 0 Å². The lowest BCUT2D eigenvalue weighted by Crippen LogP contribution is -1.84. The van der Waals surface area contributed by atoms with Gasteiger partial charge in [0.15, 0.2) is 5.58 Å². The number of hydrogen-bond acceptors (Lipinski definition) is 3. The Labute approximate surface area is 76.0 Å². The van der Waals surface area contributed by atoms with Crippen LogP contribution in [-0.4, -0.2) is 10.3 Å². The Morgan fingerprint density at radius 1 is 1.46 bits per heavy atom. The van der Waals surface area contributed by atoms with Crippen LogP contribution < -0.4 is 0 Å². The number of aromatic hydroxyl groups is 1. The Morgan fingerprint density at radius 2 is 2.31 bits per heavy atom. The molecule has 0 radical (unpaired) electrons. The van der Waals surface area contributed by atoms with Crippen LogP contribution in [0.1, 0.15) is 18.9 Å². The molecule has 0 unspecified atom stereocenters. The number of aromatic nitrogens is 1. The summed E-state index contributed by atoms with van der Waals surface area (Å²) in [5.41, 5.74) is 1.57. The lowest BCUT2D eigenvalue weighted by Gasteiger charge is -2.01. The van der Waals surface area contributed by atoms with Gasteiger partial charge in [-0.2, -0.15) is 0 Å². The first-order chi connectivity index (χ1) is 6.33. The van der Waals surface area contributed by atoms with E-state index in [0.29, 0.717) is 11.3 Å². The zero-order valence-electron chi connectivity index (χ0n) is 7.45. The number of benzene rings is 1. The first-order valence-electron chi connectivity index (χ1n) is 4.38. The minimum absolute atomic E-state index is 0.297. The lowest BCUT2D eigenvalue weighted by molar-refractivity contribution is 0.442. The molecule has 0 aliphatic rings. The monoisotopic (exact) mass is 177 g/mol. The molecule has 3 nitrogen and oxygen atoms in total. The van der Waals surface area contributed by atoms with Crippen LogP contribution in [-0.2, 0) is 6.42 Å². The summed E-state index contributed by atoms with van der Waals surface area (Å²) in [6, 6.07) is 3.49. The molecule has 0 saturated heterocycles. The minimum atomic E-state index is 0.297. The SMILES string of the molecule is CCCc1c(O)ccc2cnoc12. The van der Waals surface area contributed by atoms with Crippen molar-refractivity contribution in [3.05, 3.63) is 23.9 Å². The molecule has 0 spiro atoms. The van der Waals surface area contributed by atoms with Gasteiger partial charge < -0.3 is 9.63 Å². The molecular formula is C10H11NO2. The van der Waals surface area contributed by atoms with Crippen LogP contribution in [0.2, 0.25) is 0 Å². The average Bonchev–Trinajstić information content (AvgIpc) is 2.58. The molecule has 0 aliphatic carbocycles. The number of phenolic OH excluding ortho intramolecular Hbond substituents is 1. The van der Waals surface area contributed by atoms with Gasteiger partial charge in [-0.1, -0.05) is 18.5 Å². The molecule has 0 aliphatic heterocycles. The zero-order chi connectivity index (χ0) is 9.26. The fraction of sp³-hybridized carbons (Fsp3) is 0.300. The molecular weight excluding hydrogens is 166 g/mol. The molecule has 1 N–H and O–H groups in total. The summed E-state index contributed by atoms with van der Waals surface area (Å²) in [5.74, 6) is 0.297. The predicted octanol–water partition coefficient (Wildman–Crippen LogP) is 2.49. The fourth-order valence-corrected chi connectivity index (χ4v) is 1.47. The van der Waals surface area contributed by atoms with Crippen molar-refractivity contribution in [3.8, 4) is 5.75 Å². The molecule has 13 heavy (non-hydrogen) atoms. The topological polar surface area (TPSA) is 46.3 Å². The second-order valence-corrected chi connectivity index (χ2v) is 3.06. The third-order valence-corrected chi connectivity index (χ3v) is 2.10. The maximum Gasteiger partial charge on any atom is 0.173 e. The molecule has 1 aromatic carbocycles. The zero-order valence-corrected chi connectivity index (χ0v) is 7.45. The number of nitrogens with zero attached hydrogens (tertiary/aromatic N) is 1. The van der Waals surface area contributed by atoms with Gasteiger partial charge in [0.1, 0.15) is 5.75 Å². The Morgan fingerprint density at radius 3 is 3.08 bits per heavy atom. The Balaban J connectivity index is 2.66. The molecule has 0 atom stereocenters. The molecule has 1 aromatic heterocycles. The second kappa shape index (κ2) is 3.09. The van der Waals surface area contributed by atoms with Crippen LogP contribution in [0.25, 0.3) is 11.0 Å². The minimum Gasteiger partial charge on any atom is -0.508 e. The van der Waals surface area contributed by atoms with Gasteiger partial charge in [-0.25, -0.2) is 0 Å². The van der Waals surface area contributed by atoms with Gasteiger partial charge in [0.2, 0.25) is 0 Å². The maximum absolute atomic E-state index is 9.57. The number of hydrogen-bond donors (Lipinski definition) is 1. The summed E-state index contributed by atoms with van der Waals surface area (Å²) in [6.07, 6.45) is 3.46. The van der Waals surface area contributed by atoms with Gasteiger partial charge in [-0.15, -0.1) is 0 Å². The molecule has 0 fully saturated rings. The van der Waals surface area contributed by atoms with Crippen LogP contribution in [0.4, 0.5) is 0 Å². The third-order valence-electron chi connectivity index (χ3n) is 2.10. The molecule has 68 valence electrons. The van der Waals surface area contributed by atoms with E-state index >= 15 is 0 Å². The summed E-state index contributed by atoms with van der Waals surface area (Å²) in [7, 11) is 0. The van der Waals surface area contributed by atoms with Crippen molar-refractivity contribution in [1.82, 2.24) is 5.16 Å². The third kappa shape index (κ3) is 1.26. The standard InChI is InChI=1S/C10H11NO2/c1-2-3-8-9(12)5-4-7-6-11-13-10(7)8/h4-6,12H,2-3H2,1H3. The van der Waals surface area contributed by atoms with E-state index in [1.807, 2.05) is 0 Å². The quantitative estimate of drug-likeness (QED) is 0.766. The normalized spacial score (nSPS) is 10.8. The Bertz CT molecular complexity index is 420. The van der Waals surface area contributed by atoms with Crippen molar-refractivity contribution >= 4 is 11.0 Å². The highest BCUT2D eigenvalue weighted by Crippen LogP contribution is 2.27. The molecule has 0 amide bonds. The van der Waals surface area contributed by atoms with Gasteiger partial charge in [0.05, 0.1) is 6.20 Å². The van der Waals surface area contributed by atoms with E-state index in [9.17, 15) is 5.11 Å².